The van der Waals surface area contributed by atoms with Crippen LogP contribution in [0.3, 0.4) is 0 Å². The lowest BCUT2D eigenvalue weighted by Gasteiger charge is -2.26. The molecule has 1 amide bonds. The van der Waals surface area contributed by atoms with E-state index in [1.54, 1.807) is 18.2 Å². The standard InChI is InChI=1S/C15H14F3N3O3/c1-21-13(15(16,17)18)6-10(20-21)14(22)19-7-9-8-23-11-4-2-3-5-12(11)24-9/h2-6,9H,7-8H2,1H3,(H,19,22). The first-order chi connectivity index (χ1) is 11.3. The van der Waals surface area contributed by atoms with E-state index < -0.39 is 23.9 Å². The van der Waals surface area contributed by atoms with Gasteiger partial charge in [0.25, 0.3) is 5.91 Å². The Morgan fingerprint density at radius 3 is 2.75 bits per heavy atom. The number of aryl methyl sites for hydroxylation is 1. The first kappa shape index (κ1) is 16.2. The zero-order chi connectivity index (χ0) is 17.3. The molecule has 9 heteroatoms. The van der Waals surface area contributed by atoms with Gasteiger partial charge in [-0.3, -0.25) is 9.48 Å². The topological polar surface area (TPSA) is 65.4 Å². The number of nitrogens with zero attached hydrogens (tertiary/aromatic N) is 2. The third kappa shape index (κ3) is 3.29. The second-order valence-corrected chi connectivity index (χ2v) is 5.24. The first-order valence-electron chi connectivity index (χ1n) is 7.12. The molecule has 1 aromatic carbocycles. The van der Waals surface area contributed by atoms with E-state index in [-0.39, 0.29) is 18.8 Å². The summed E-state index contributed by atoms with van der Waals surface area (Å²) >= 11 is 0. The van der Waals surface area contributed by atoms with Crippen LogP contribution in [0.4, 0.5) is 13.2 Å². The molecule has 0 saturated carbocycles. The SMILES string of the molecule is Cn1nc(C(=O)NCC2COc3ccccc3O2)cc1C(F)(F)F. The van der Waals surface area contributed by atoms with Crippen LogP contribution in [0, 0.1) is 0 Å². The monoisotopic (exact) mass is 341 g/mol. The zero-order valence-electron chi connectivity index (χ0n) is 12.6. The van der Waals surface area contributed by atoms with Gasteiger partial charge in [-0.2, -0.15) is 18.3 Å². The summed E-state index contributed by atoms with van der Waals surface area (Å²) in [5, 5.41) is 6.09. The Bertz CT molecular complexity index is 758. The lowest BCUT2D eigenvalue weighted by molar-refractivity contribution is -0.143. The molecule has 0 fully saturated rings. The van der Waals surface area contributed by atoms with Gasteiger partial charge in [0.2, 0.25) is 0 Å². The van der Waals surface area contributed by atoms with E-state index in [2.05, 4.69) is 10.4 Å². The highest BCUT2D eigenvalue weighted by Crippen LogP contribution is 2.31. The molecule has 1 aliphatic heterocycles. The van der Waals surface area contributed by atoms with Crippen molar-refractivity contribution in [2.45, 2.75) is 12.3 Å². The van der Waals surface area contributed by atoms with Crippen LogP contribution in [0.5, 0.6) is 11.5 Å². The molecule has 0 saturated heterocycles. The number of alkyl halides is 3. The number of halogens is 3. The summed E-state index contributed by atoms with van der Waals surface area (Å²) in [7, 11) is 1.13. The molecule has 0 spiro atoms. The molecule has 2 aromatic rings. The van der Waals surface area contributed by atoms with E-state index >= 15 is 0 Å². The Labute approximate surface area is 135 Å². The van der Waals surface area contributed by atoms with Crippen LogP contribution < -0.4 is 14.8 Å². The highest BCUT2D eigenvalue weighted by atomic mass is 19.4. The molecule has 128 valence electrons. The summed E-state index contributed by atoms with van der Waals surface area (Å²) in [5.41, 5.74) is -1.29. The zero-order valence-corrected chi connectivity index (χ0v) is 12.6. The van der Waals surface area contributed by atoms with Gasteiger partial charge in [-0.25, -0.2) is 0 Å². The van der Waals surface area contributed by atoms with E-state index in [0.717, 1.165) is 7.05 Å². The fourth-order valence-electron chi connectivity index (χ4n) is 2.30. The normalized spacial score (nSPS) is 16.8. The van der Waals surface area contributed by atoms with Crippen molar-refractivity contribution in [3.8, 4) is 11.5 Å². The summed E-state index contributed by atoms with van der Waals surface area (Å²) < 4.78 is 49.9. The minimum absolute atomic E-state index is 0.0884. The maximum atomic E-state index is 12.7. The van der Waals surface area contributed by atoms with Crippen molar-refractivity contribution in [3.05, 3.63) is 41.7 Å². The number of amides is 1. The Hall–Kier alpha value is -2.71. The number of aromatic nitrogens is 2. The predicted molar refractivity (Wildman–Crippen MR) is 76.9 cm³/mol. The number of benzene rings is 1. The Balaban J connectivity index is 1.61. The van der Waals surface area contributed by atoms with Gasteiger partial charge in [-0.15, -0.1) is 0 Å². The molecule has 0 aliphatic carbocycles. The van der Waals surface area contributed by atoms with Crippen molar-refractivity contribution in [2.75, 3.05) is 13.2 Å². The number of hydrogen-bond donors (Lipinski definition) is 1. The quantitative estimate of drug-likeness (QED) is 0.928. The minimum atomic E-state index is -4.57. The van der Waals surface area contributed by atoms with E-state index in [4.69, 9.17) is 9.47 Å². The van der Waals surface area contributed by atoms with Gasteiger partial charge in [0.15, 0.2) is 17.2 Å². The highest BCUT2D eigenvalue weighted by molar-refractivity contribution is 5.92. The van der Waals surface area contributed by atoms with Gasteiger partial charge in [0.1, 0.15) is 18.4 Å². The molecular formula is C15H14F3N3O3. The van der Waals surface area contributed by atoms with Crippen molar-refractivity contribution < 1.29 is 27.4 Å². The van der Waals surface area contributed by atoms with Crippen molar-refractivity contribution in [3.63, 3.8) is 0 Å². The van der Waals surface area contributed by atoms with Crippen LogP contribution in [-0.2, 0) is 13.2 Å². The first-order valence-corrected chi connectivity index (χ1v) is 7.12. The van der Waals surface area contributed by atoms with Crippen LogP contribution >= 0.6 is 0 Å². The summed E-state index contributed by atoms with van der Waals surface area (Å²) in [6.07, 6.45) is -5.00. The van der Waals surface area contributed by atoms with Crippen LogP contribution in [0.25, 0.3) is 0 Å². The number of carbonyl (C=O) groups excluding carboxylic acids is 1. The molecule has 3 rings (SSSR count). The van der Waals surface area contributed by atoms with Crippen LogP contribution in [-0.4, -0.2) is 34.9 Å². The van der Waals surface area contributed by atoms with Gasteiger partial charge in [0.05, 0.1) is 6.54 Å². The van der Waals surface area contributed by atoms with Crippen LogP contribution in [0.15, 0.2) is 30.3 Å². The number of carbonyl (C=O) groups is 1. The molecule has 0 bridgehead atoms. The second-order valence-electron chi connectivity index (χ2n) is 5.24. The maximum Gasteiger partial charge on any atom is 0.433 e. The smallest absolute Gasteiger partial charge is 0.433 e. The lowest BCUT2D eigenvalue weighted by atomic mass is 10.2. The summed E-state index contributed by atoms with van der Waals surface area (Å²) in [4.78, 5) is 12.0. The fourth-order valence-corrected chi connectivity index (χ4v) is 2.30. The van der Waals surface area contributed by atoms with Gasteiger partial charge in [0, 0.05) is 13.1 Å². The number of ether oxygens (including phenoxy) is 2. The number of para-hydroxylation sites is 2. The molecule has 1 N–H and O–H groups in total. The van der Waals surface area contributed by atoms with Crippen molar-refractivity contribution in [1.29, 1.82) is 0 Å². The summed E-state index contributed by atoms with van der Waals surface area (Å²) in [6, 6.07) is 7.80. The fraction of sp³-hybridized carbons (Fsp3) is 0.333. The minimum Gasteiger partial charge on any atom is -0.486 e. The third-order valence-electron chi connectivity index (χ3n) is 3.46. The number of rotatable bonds is 3. The van der Waals surface area contributed by atoms with E-state index in [1.807, 2.05) is 6.07 Å². The predicted octanol–water partition coefficient (Wildman–Crippen LogP) is 2.01. The van der Waals surface area contributed by atoms with Crippen LogP contribution in [0.2, 0.25) is 0 Å². The number of fused-ring (bicyclic) bond motifs is 1. The molecule has 6 nitrogen and oxygen atoms in total. The molecule has 1 aromatic heterocycles. The Morgan fingerprint density at radius 2 is 2.08 bits per heavy atom. The average Bonchev–Trinajstić information content (AvgIpc) is 2.94. The Morgan fingerprint density at radius 1 is 1.38 bits per heavy atom. The van der Waals surface area contributed by atoms with E-state index in [0.29, 0.717) is 22.2 Å². The molecule has 24 heavy (non-hydrogen) atoms. The van der Waals surface area contributed by atoms with Gasteiger partial charge < -0.3 is 14.8 Å². The molecular weight excluding hydrogens is 327 g/mol. The third-order valence-corrected chi connectivity index (χ3v) is 3.46. The average molecular weight is 341 g/mol. The van der Waals surface area contributed by atoms with Crippen LogP contribution in [0.1, 0.15) is 16.2 Å². The van der Waals surface area contributed by atoms with Crippen molar-refractivity contribution >= 4 is 5.91 Å². The van der Waals surface area contributed by atoms with Gasteiger partial charge >= 0.3 is 6.18 Å². The highest BCUT2D eigenvalue weighted by Gasteiger charge is 2.35. The molecule has 1 atom stereocenters. The largest absolute Gasteiger partial charge is 0.486 e. The van der Waals surface area contributed by atoms with Crippen molar-refractivity contribution in [2.24, 2.45) is 7.05 Å². The molecule has 2 heterocycles. The van der Waals surface area contributed by atoms with Crippen molar-refractivity contribution in [1.82, 2.24) is 15.1 Å². The van der Waals surface area contributed by atoms with E-state index in [1.165, 1.54) is 0 Å². The molecule has 1 aliphatic rings. The molecule has 0 radical (unpaired) electrons. The second kappa shape index (κ2) is 6.06. The number of hydrogen-bond acceptors (Lipinski definition) is 4. The molecule has 1 unspecified atom stereocenters. The summed E-state index contributed by atoms with van der Waals surface area (Å²) in [6.45, 7) is 0.318. The maximum absolute atomic E-state index is 12.7. The van der Waals surface area contributed by atoms with Gasteiger partial charge in [-0.05, 0) is 12.1 Å². The Kier molecular flexibility index (Phi) is 4.08. The number of nitrogens with one attached hydrogen (secondary N) is 1. The lowest BCUT2D eigenvalue weighted by Crippen LogP contribution is -2.40. The van der Waals surface area contributed by atoms with Gasteiger partial charge in [-0.1, -0.05) is 12.1 Å². The van der Waals surface area contributed by atoms with E-state index in [9.17, 15) is 18.0 Å². The summed E-state index contributed by atoms with van der Waals surface area (Å²) in [5.74, 6) is 0.461.